The number of rotatable bonds is 4. The van der Waals surface area contributed by atoms with Gasteiger partial charge in [-0.25, -0.2) is 0 Å². The average Bonchev–Trinajstić information content (AvgIpc) is 2.83. The lowest BCUT2D eigenvalue weighted by atomic mass is 9.72. The zero-order valence-electron chi connectivity index (χ0n) is 19.1. The quantitative estimate of drug-likeness (QED) is 0.330. The molecule has 184 valence electrons. The van der Waals surface area contributed by atoms with E-state index in [-0.39, 0.29) is 34.7 Å². The summed E-state index contributed by atoms with van der Waals surface area (Å²) < 4.78 is 5.90. The summed E-state index contributed by atoms with van der Waals surface area (Å²) in [6.45, 7) is 4.49. The summed E-state index contributed by atoms with van der Waals surface area (Å²) in [5.74, 6) is -3.16. The second-order valence-electron chi connectivity index (χ2n) is 9.30. The second kappa shape index (κ2) is 8.42. The van der Waals surface area contributed by atoms with E-state index in [9.17, 15) is 34.8 Å². The fraction of sp³-hybridized carbons (Fsp3) is 0.400. The van der Waals surface area contributed by atoms with Gasteiger partial charge in [0.15, 0.2) is 11.6 Å². The summed E-state index contributed by atoms with van der Waals surface area (Å²) >= 11 is 0. The first-order valence-corrected chi connectivity index (χ1v) is 11.4. The van der Waals surface area contributed by atoms with Crippen LogP contribution in [0.25, 0.3) is 0 Å². The number of phenols is 2. The molecule has 5 N–H and O–H groups in total. The van der Waals surface area contributed by atoms with Crippen LogP contribution in [0.15, 0.2) is 18.2 Å². The first kappa shape index (κ1) is 23.4. The molecule has 2 aliphatic carbocycles. The number of hydrogen-bond donors (Lipinski definition) is 5. The van der Waals surface area contributed by atoms with Crippen molar-refractivity contribution in [2.24, 2.45) is 0 Å². The Labute approximate surface area is 200 Å². The predicted molar refractivity (Wildman–Crippen MR) is 122 cm³/mol. The lowest BCUT2D eigenvalue weighted by Gasteiger charge is -2.36. The Morgan fingerprint density at radius 1 is 1.11 bits per heavy atom. The molecule has 35 heavy (non-hydrogen) atoms. The highest BCUT2D eigenvalue weighted by Gasteiger charge is 2.47. The number of carbonyl (C=O) groups excluding carboxylic acids is 3. The molecule has 10 nitrogen and oxygen atoms in total. The first-order valence-electron chi connectivity index (χ1n) is 11.4. The van der Waals surface area contributed by atoms with Crippen molar-refractivity contribution in [3.05, 3.63) is 51.6 Å². The van der Waals surface area contributed by atoms with Gasteiger partial charge in [0.2, 0.25) is 5.78 Å². The SMILES string of the molecule is CC(=O)C1(O)Cc2c(O)c3c(c(O)c2C(O)C1)C(=O)c1c(OCN2CCNCC2)cccc1C3=O. The van der Waals surface area contributed by atoms with Crippen LogP contribution < -0.4 is 10.1 Å². The van der Waals surface area contributed by atoms with Crippen molar-refractivity contribution in [1.29, 1.82) is 0 Å². The lowest BCUT2D eigenvalue weighted by Crippen LogP contribution is -2.45. The largest absolute Gasteiger partial charge is 0.507 e. The summed E-state index contributed by atoms with van der Waals surface area (Å²) in [7, 11) is 0. The van der Waals surface area contributed by atoms with Crippen molar-refractivity contribution < 1.29 is 39.5 Å². The summed E-state index contributed by atoms with van der Waals surface area (Å²) in [6, 6.07) is 4.57. The number of piperazine rings is 1. The first-order chi connectivity index (χ1) is 16.6. The third-order valence-electron chi connectivity index (χ3n) is 7.14. The summed E-state index contributed by atoms with van der Waals surface area (Å²) in [6.07, 6.45) is -2.37. The summed E-state index contributed by atoms with van der Waals surface area (Å²) in [4.78, 5) is 41.1. The molecule has 0 saturated carbocycles. The number of aliphatic hydroxyl groups is 2. The number of carbonyl (C=O) groups is 3. The molecule has 2 aromatic carbocycles. The molecular formula is C25H26N2O8. The fourth-order valence-corrected chi connectivity index (χ4v) is 5.16. The molecule has 1 heterocycles. The summed E-state index contributed by atoms with van der Waals surface area (Å²) in [5.41, 5.74) is -3.14. The minimum atomic E-state index is -1.98. The van der Waals surface area contributed by atoms with Crippen LogP contribution >= 0.6 is 0 Å². The Kier molecular flexibility index (Phi) is 5.64. The molecular weight excluding hydrogens is 456 g/mol. The van der Waals surface area contributed by atoms with Crippen LogP contribution in [0.5, 0.6) is 17.2 Å². The van der Waals surface area contributed by atoms with E-state index in [0.29, 0.717) is 0 Å². The van der Waals surface area contributed by atoms with Crippen molar-refractivity contribution in [3.8, 4) is 17.2 Å². The van der Waals surface area contributed by atoms with Gasteiger partial charge in [-0.3, -0.25) is 19.3 Å². The van der Waals surface area contributed by atoms with Crippen LogP contribution in [0, 0.1) is 0 Å². The fourth-order valence-electron chi connectivity index (χ4n) is 5.16. The molecule has 0 bridgehead atoms. The number of aliphatic hydroxyl groups excluding tert-OH is 1. The van der Waals surface area contributed by atoms with Crippen LogP contribution in [0.3, 0.4) is 0 Å². The number of ether oxygens (including phenoxy) is 1. The van der Waals surface area contributed by atoms with Gasteiger partial charge < -0.3 is 30.5 Å². The standard InChI is InChI=1S/C25H26N2O8/c1-12(28)25(34)9-14-17(15(29)10-25)23(32)20-19(22(14)31)21(30)13-3-2-4-16(18(13)24(20)33)35-11-27-7-5-26-6-8-27/h2-4,15,26,29,31-32,34H,5-11H2,1H3. The maximum atomic E-state index is 13.6. The second-order valence-corrected chi connectivity index (χ2v) is 9.30. The molecule has 0 amide bonds. The van der Waals surface area contributed by atoms with Crippen LogP contribution in [-0.4, -0.2) is 81.2 Å². The molecule has 1 fully saturated rings. The predicted octanol–water partition coefficient (Wildman–Crippen LogP) is 0.414. The molecule has 0 aromatic heterocycles. The van der Waals surface area contributed by atoms with E-state index in [1.54, 1.807) is 12.1 Å². The van der Waals surface area contributed by atoms with Gasteiger partial charge in [-0.1, -0.05) is 12.1 Å². The van der Waals surface area contributed by atoms with E-state index in [1.807, 2.05) is 4.90 Å². The highest BCUT2D eigenvalue weighted by atomic mass is 16.5. The Morgan fingerprint density at radius 3 is 2.49 bits per heavy atom. The Morgan fingerprint density at radius 2 is 1.80 bits per heavy atom. The Hall–Kier alpha value is -3.31. The molecule has 0 radical (unpaired) electrons. The van der Waals surface area contributed by atoms with E-state index in [4.69, 9.17) is 4.74 Å². The minimum absolute atomic E-state index is 0.00754. The van der Waals surface area contributed by atoms with E-state index in [2.05, 4.69) is 5.32 Å². The molecule has 5 rings (SSSR count). The maximum absolute atomic E-state index is 13.6. The van der Waals surface area contributed by atoms with Crippen molar-refractivity contribution in [2.45, 2.75) is 31.5 Å². The highest BCUT2D eigenvalue weighted by Crippen LogP contribution is 2.50. The van der Waals surface area contributed by atoms with E-state index >= 15 is 0 Å². The smallest absolute Gasteiger partial charge is 0.202 e. The van der Waals surface area contributed by atoms with Crippen molar-refractivity contribution in [3.63, 3.8) is 0 Å². The van der Waals surface area contributed by atoms with Crippen LogP contribution in [0.4, 0.5) is 0 Å². The molecule has 2 aromatic rings. The minimum Gasteiger partial charge on any atom is -0.507 e. The molecule has 3 aliphatic rings. The number of nitrogens with one attached hydrogen (secondary N) is 1. The van der Waals surface area contributed by atoms with Gasteiger partial charge in [0, 0.05) is 55.7 Å². The third kappa shape index (κ3) is 3.61. The molecule has 2 unspecified atom stereocenters. The van der Waals surface area contributed by atoms with Crippen LogP contribution in [0.2, 0.25) is 0 Å². The maximum Gasteiger partial charge on any atom is 0.202 e. The average molecular weight is 482 g/mol. The lowest BCUT2D eigenvalue weighted by molar-refractivity contribution is -0.139. The van der Waals surface area contributed by atoms with Gasteiger partial charge in [0.1, 0.15) is 29.6 Å². The van der Waals surface area contributed by atoms with Gasteiger partial charge in [-0.05, 0) is 13.0 Å². The normalized spacial score (nSPS) is 23.9. The van der Waals surface area contributed by atoms with E-state index in [0.717, 1.165) is 33.1 Å². The monoisotopic (exact) mass is 482 g/mol. The van der Waals surface area contributed by atoms with Gasteiger partial charge in [0.25, 0.3) is 0 Å². The Balaban J connectivity index is 1.60. The number of phenolic OH excluding ortho intramolecular Hbond substituents is 2. The number of benzene rings is 2. The zero-order chi connectivity index (χ0) is 25.1. The number of aromatic hydroxyl groups is 2. The Bertz CT molecular complexity index is 1270. The topological polar surface area (TPSA) is 157 Å². The van der Waals surface area contributed by atoms with Gasteiger partial charge >= 0.3 is 0 Å². The number of hydrogen-bond acceptors (Lipinski definition) is 10. The van der Waals surface area contributed by atoms with Crippen LogP contribution in [-0.2, 0) is 11.2 Å². The third-order valence-corrected chi connectivity index (χ3v) is 7.14. The van der Waals surface area contributed by atoms with Gasteiger partial charge in [0.05, 0.1) is 22.8 Å². The van der Waals surface area contributed by atoms with Crippen molar-refractivity contribution >= 4 is 17.3 Å². The molecule has 0 spiro atoms. The van der Waals surface area contributed by atoms with Gasteiger partial charge in [-0.2, -0.15) is 0 Å². The highest BCUT2D eigenvalue weighted by molar-refractivity contribution is 6.31. The number of nitrogens with zero attached hydrogens (tertiary/aromatic N) is 1. The van der Waals surface area contributed by atoms with Gasteiger partial charge in [-0.15, -0.1) is 0 Å². The number of fused-ring (bicyclic) bond motifs is 3. The molecule has 2 atom stereocenters. The van der Waals surface area contributed by atoms with Crippen molar-refractivity contribution in [1.82, 2.24) is 10.2 Å². The molecule has 1 saturated heterocycles. The van der Waals surface area contributed by atoms with Crippen LogP contribution in [0.1, 0.15) is 62.4 Å². The number of ketones is 3. The summed E-state index contributed by atoms with van der Waals surface area (Å²) in [5, 5.41) is 46.7. The van der Waals surface area contributed by atoms with E-state index < -0.39 is 64.5 Å². The molecule has 1 aliphatic heterocycles. The zero-order valence-corrected chi connectivity index (χ0v) is 19.1. The van der Waals surface area contributed by atoms with Crippen molar-refractivity contribution in [2.75, 3.05) is 32.9 Å². The number of Topliss-reactive ketones (excluding diaryl/α,β-unsaturated/α-hetero) is 1. The van der Waals surface area contributed by atoms with E-state index in [1.165, 1.54) is 6.07 Å². The molecule has 10 heteroatoms.